The van der Waals surface area contributed by atoms with Gasteiger partial charge in [-0.05, 0) is 6.54 Å². The zero-order valence-corrected chi connectivity index (χ0v) is 7.02. The lowest BCUT2D eigenvalue weighted by molar-refractivity contribution is -0.143. The van der Waals surface area contributed by atoms with Crippen molar-refractivity contribution in [3.63, 3.8) is 0 Å². The van der Waals surface area contributed by atoms with Gasteiger partial charge in [0.1, 0.15) is 0 Å². The molecule has 62 valence electrons. The Balaban J connectivity index is 2.71. The number of thioether (sulfide) groups is 1. The summed E-state index contributed by atoms with van der Waals surface area (Å²) in [4.78, 5) is 14.6. The van der Waals surface area contributed by atoms with Crippen molar-refractivity contribution in [2.24, 2.45) is 4.99 Å². The highest BCUT2D eigenvalue weighted by Crippen LogP contribution is 2.20. The number of rotatable bonds is 3. The van der Waals surface area contributed by atoms with E-state index in [1.54, 1.807) is 5.55 Å². The van der Waals surface area contributed by atoms with E-state index in [1.807, 2.05) is 6.92 Å². The van der Waals surface area contributed by atoms with Crippen LogP contribution in [0.3, 0.4) is 0 Å². The third-order valence-electron chi connectivity index (χ3n) is 1.46. The topological polar surface area (TPSA) is 61.7 Å². The van der Waals surface area contributed by atoms with Gasteiger partial charge in [-0.25, -0.2) is 4.79 Å². The van der Waals surface area contributed by atoms with Crippen molar-refractivity contribution in [1.82, 2.24) is 5.32 Å². The fraction of sp³-hybridized carbons (Fsp3) is 0.667. The van der Waals surface area contributed by atoms with Crippen molar-refractivity contribution < 1.29 is 9.90 Å². The molecule has 0 radical (unpaired) electrons. The molecule has 2 N–H and O–H groups in total. The van der Waals surface area contributed by atoms with Gasteiger partial charge in [0.15, 0.2) is 0 Å². The number of nitrogens with zero attached hydrogens (tertiary/aromatic N) is 1. The second-order valence-electron chi connectivity index (χ2n) is 2.24. The molecule has 1 rings (SSSR count). The van der Waals surface area contributed by atoms with E-state index >= 15 is 0 Å². The number of carboxylic acid groups (broad SMARTS) is 1. The summed E-state index contributed by atoms with van der Waals surface area (Å²) in [7, 11) is 0. The van der Waals surface area contributed by atoms with Crippen LogP contribution in [0.1, 0.15) is 6.92 Å². The van der Waals surface area contributed by atoms with Gasteiger partial charge in [-0.15, -0.1) is 11.8 Å². The van der Waals surface area contributed by atoms with E-state index in [-0.39, 0.29) is 0 Å². The molecule has 11 heavy (non-hydrogen) atoms. The fourth-order valence-electron chi connectivity index (χ4n) is 0.904. The van der Waals surface area contributed by atoms with Crippen LogP contribution in [-0.2, 0) is 4.79 Å². The summed E-state index contributed by atoms with van der Waals surface area (Å²) < 4.78 is 0. The first-order valence-corrected chi connectivity index (χ1v) is 4.40. The molecule has 0 aliphatic carbocycles. The second-order valence-corrected chi connectivity index (χ2v) is 3.07. The maximum atomic E-state index is 10.7. The highest BCUT2D eigenvalue weighted by Gasteiger charge is 2.39. The normalized spacial score (nSPS) is 29.2. The number of aliphatic carboxylic acids is 1. The number of carboxylic acids is 1. The monoisotopic (exact) mass is 174 g/mol. The molecular weight excluding hydrogens is 164 g/mol. The van der Waals surface area contributed by atoms with Crippen molar-refractivity contribution in [2.45, 2.75) is 12.6 Å². The van der Waals surface area contributed by atoms with Crippen LogP contribution in [-0.4, -0.2) is 34.6 Å². The van der Waals surface area contributed by atoms with Gasteiger partial charge in [0.05, 0.1) is 5.55 Å². The predicted molar refractivity (Wildman–Crippen MR) is 45.0 cm³/mol. The Morgan fingerprint density at radius 2 is 2.73 bits per heavy atom. The van der Waals surface area contributed by atoms with E-state index < -0.39 is 11.6 Å². The number of aliphatic imine (C=N–C) groups is 1. The molecule has 0 amide bonds. The van der Waals surface area contributed by atoms with Crippen LogP contribution in [0.25, 0.3) is 0 Å². The molecule has 0 aromatic heterocycles. The van der Waals surface area contributed by atoms with Gasteiger partial charge in [0, 0.05) is 5.75 Å². The van der Waals surface area contributed by atoms with E-state index in [9.17, 15) is 4.79 Å². The molecule has 0 spiro atoms. The van der Waals surface area contributed by atoms with E-state index in [0.717, 1.165) is 0 Å². The van der Waals surface area contributed by atoms with E-state index in [1.165, 1.54) is 11.8 Å². The Bertz CT molecular complexity index is 195. The summed E-state index contributed by atoms with van der Waals surface area (Å²) in [6, 6.07) is 0. The lowest BCUT2D eigenvalue weighted by Crippen LogP contribution is -2.51. The van der Waals surface area contributed by atoms with Crippen LogP contribution in [0.15, 0.2) is 4.99 Å². The van der Waals surface area contributed by atoms with Gasteiger partial charge < -0.3 is 5.11 Å². The zero-order valence-electron chi connectivity index (χ0n) is 6.20. The first kappa shape index (κ1) is 8.55. The summed E-state index contributed by atoms with van der Waals surface area (Å²) in [5.41, 5.74) is 0.524. The zero-order chi connectivity index (χ0) is 8.32. The molecule has 5 heteroatoms. The number of hydrogen-bond donors (Lipinski definition) is 2. The highest BCUT2D eigenvalue weighted by molar-refractivity contribution is 8.12. The molecule has 4 nitrogen and oxygen atoms in total. The van der Waals surface area contributed by atoms with Gasteiger partial charge in [-0.1, -0.05) is 6.92 Å². The molecule has 1 heterocycles. The number of nitrogens with one attached hydrogen (secondary N) is 1. The van der Waals surface area contributed by atoms with E-state index in [4.69, 9.17) is 5.11 Å². The predicted octanol–water partition coefficient (Wildman–Crippen LogP) is 0.152. The molecule has 0 saturated heterocycles. The average Bonchev–Trinajstić information content (AvgIpc) is 2.38. The quantitative estimate of drug-likeness (QED) is 0.639. The Morgan fingerprint density at radius 1 is 2.00 bits per heavy atom. The van der Waals surface area contributed by atoms with Crippen LogP contribution >= 0.6 is 11.8 Å². The molecule has 0 aromatic rings. The molecule has 1 unspecified atom stereocenters. The number of likely N-dealkylation sites (N-methyl/N-ethyl adjacent to an activating group) is 1. The first-order valence-electron chi connectivity index (χ1n) is 3.35. The number of hydrogen-bond acceptors (Lipinski definition) is 4. The maximum absolute atomic E-state index is 10.7. The summed E-state index contributed by atoms with van der Waals surface area (Å²) in [5, 5.41) is 11.6. The Hall–Kier alpha value is -0.550. The molecule has 1 atom stereocenters. The average molecular weight is 174 g/mol. The lowest BCUT2D eigenvalue weighted by Gasteiger charge is -2.20. The van der Waals surface area contributed by atoms with Crippen molar-refractivity contribution in [1.29, 1.82) is 0 Å². The first-order chi connectivity index (χ1) is 5.21. The smallest absolute Gasteiger partial charge is 0.347 e. The standard InChI is InChI=1S/C6H10N2O2S/c1-2-7-6(5(9)10)3-11-4-8-6/h4,7H,2-3H2,1H3,(H,9,10). The highest BCUT2D eigenvalue weighted by atomic mass is 32.2. The van der Waals surface area contributed by atoms with Crippen molar-refractivity contribution in [3.8, 4) is 0 Å². The largest absolute Gasteiger partial charge is 0.478 e. The van der Waals surface area contributed by atoms with Crippen molar-refractivity contribution in [3.05, 3.63) is 0 Å². The second kappa shape index (κ2) is 3.23. The van der Waals surface area contributed by atoms with Crippen molar-refractivity contribution >= 4 is 23.3 Å². The molecule has 0 fully saturated rings. The summed E-state index contributed by atoms with van der Waals surface area (Å²) >= 11 is 1.41. The van der Waals surface area contributed by atoms with E-state index in [2.05, 4.69) is 10.3 Å². The number of carbonyl (C=O) groups is 1. The Morgan fingerprint density at radius 3 is 3.09 bits per heavy atom. The molecule has 1 aliphatic heterocycles. The summed E-state index contributed by atoms with van der Waals surface area (Å²) in [6.07, 6.45) is 0. The van der Waals surface area contributed by atoms with Gasteiger partial charge in [-0.3, -0.25) is 10.3 Å². The Kier molecular flexibility index (Phi) is 2.51. The third-order valence-corrected chi connectivity index (χ3v) is 2.30. The maximum Gasteiger partial charge on any atom is 0.347 e. The lowest BCUT2D eigenvalue weighted by atomic mass is 10.2. The van der Waals surface area contributed by atoms with Crippen LogP contribution in [0.2, 0.25) is 0 Å². The van der Waals surface area contributed by atoms with Crippen LogP contribution in [0.5, 0.6) is 0 Å². The summed E-state index contributed by atoms with van der Waals surface area (Å²) in [6.45, 7) is 2.48. The van der Waals surface area contributed by atoms with Gasteiger partial charge in [0.25, 0.3) is 0 Å². The summed E-state index contributed by atoms with van der Waals surface area (Å²) in [5.74, 6) is -0.420. The van der Waals surface area contributed by atoms with E-state index in [0.29, 0.717) is 12.3 Å². The van der Waals surface area contributed by atoms with Gasteiger partial charge >= 0.3 is 5.97 Å². The van der Waals surface area contributed by atoms with Gasteiger partial charge in [0.2, 0.25) is 5.66 Å². The minimum atomic E-state index is -1.06. The molecule has 0 bridgehead atoms. The third kappa shape index (κ3) is 1.54. The van der Waals surface area contributed by atoms with Gasteiger partial charge in [-0.2, -0.15) is 0 Å². The van der Waals surface area contributed by atoms with Crippen LogP contribution in [0.4, 0.5) is 0 Å². The minimum Gasteiger partial charge on any atom is -0.478 e. The minimum absolute atomic E-state index is 0.482. The van der Waals surface area contributed by atoms with Crippen molar-refractivity contribution in [2.75, 3.05) is 12.3 Å². The molecular formula is C6H10N2O2S. The molecule has 1 aliphatic rings. The van der Waals surface area contributed by atoms with Crippen LogP contribution in [0, 0.1) is 0 Å². The van der Waals surface area contributed by atoms with Crippen LogP contribution < -0.4 is 5.32 Å². The molecule has 0 saturated carbocycles. The Labute approximate surface area is 69.1 Å². The fourth-order valence-corrected chi connectivity index (χ4v) is 1.77. The SMILES string of the molecule is CCNC1(C(=O)O)CSC=N1. The molecule has 0 aromatic carbocycles.